The van der Waals surface area contributed by atoms with Crippen LogP contribution in [0, 0.1) is 0 Å². The number of hydrogen-bond acceptors (Lipinski definition) is 2. The molecule has 1 aliphatic rings. The highest BCUT2D eigenvalue weighted by molar-refractivity contribution is 6.30. The first-order valence-electron chi connectivity index (χ1n) is 5.66. The number of amides is 1. The Hall–Kier alpha value is -2.00. The maximum Gasteiger partial charge on any atom is 0.251 e. The Bertz CT molecular complexity index is 595. The lowest BCUT2D eigenvalue weighted by Crippen LogP contribution is -2.31. The maximum absolute atomic E-state index is 12.0. The van der Waals surface area contributed by atoms with Crippen molar-refractivity contribution >= 4 is 28.9 Å². The molecule has 90 valence electrons. The standard InChI is InChI=1S/C14H11ClN2O/c15-10-7-5-9(6-8-10)13-14(18)17-12-4-2-1-3-11(12)16-13/h1-8,13,16H,(H,17,18)/t13-/m0/s1. The second-order valence-corrected chi connectivity index (χ2v) is 4.60. The van der Waals surface area contributed by atoms with Crippen LogP contribution in [0.3, 0.4) is 0 Å². The van der Waals surface area contributed by atoms with E-state index in [1.807, 2.05) is 36.4 Å². The summed E-state index contributed by atoms with van der Waals surface area (Å²) >= 11 is 5.85. The average Bonchev–Trinajstić information content (AvgIpc) is 2.39. The van der Waals surface area contributed by atoms with Gasteiger partial charge in [0, 0.05) is 5.02 Å². The van der Waals surface area contributed by atoms with Gasteiger partial charge in [-0.2, -0.15) is 0 Å². The topological polar surface area (TPSA) is 41.1 Å². The highest BCUT2D eigenvalue weighted by atomic mass is 35.5. The van der Waals surface area contributed by atoms with Crippen LogP contribution in [0.15, 0.2) is 48.5 Å². The van der Waals surface area contributed by atoms with Crippen LogP contribution in [-0.2, 0) is 4.79 Å². The minimum atomic E-state index is -0.378. The highest BCUT2D eigenvalue weighted by Crippen LogP contribution is 2.32. The molecule has 1 amide bonds. The molecule has 4 heteroatoms. The molecule has 0 radical (unpaired) electrons. The third-order valence-corrected chi connectivity index (χ3v) is 3.20. The van der Waals surface area contributed by atoms with Crippen LogP contribution in [0.5, 0.6) is 0 Å². The van der Waals surface area contributed by atoms with Gasteiger partial charge in [0.25, 0.3) is 5.91 Å². The number of para-hydroxylation sites is 2. The predicted molar refractivity (Wildman–Crippen MR) is 72.9 cm³/mol. The van der Waals surface area contributed by atoms with E-state index >= 15 is 0 Å². The summed E-state index contributed by atoms with van der Waals surface area (Å²) in [4.78, 5) is 12.0. The van der Waals surface area contributed by atoms with Crippen molar-refractivity contribution in [3.05, 3.63) is 59.1 Å². The van der Waals surface area contributed by atoms with Crippen LogP contribution in [0.1, 0.15) is 11.6 Å². The van der Waals surface area contributed by atoms with Crippen molar-refractivity contribution in [1.82, 2.24) is 0 Å². The van der Waals surface area contributed by atoms with E-state index in [0.717, 1.165) is 16.9 Å². The Kier molecular flexibility index (Phi) is 2.68. The van der Waals surface area contributed by atoms with Crippen LogP contribution < -0.4 is 10.6 Å². The number of nitrogens with one attached hydrogen (secondary N) is 2. The van der Waals surface area contributed by atoms with Gasteiger partial charge in [0.1, 0.15) is 6.04 Å². The van der Waals surface area contributed by atoms with E-state index in [-0.39, 0.29) is 11.9 Å². The predicted octanol–water partition coefficient (Wildman–Crippen LogP) is 3.45. The molecule has 0 saturated carbocycles. The van der Waals surface area contributed by atoms with Gasteiger partial charge < -0.3 is 10.6 Å². The number of carbonyl (C=O) groups is 1. The Balaban J connectivity index is 1.95. The molecular formula is C14H11ClN2O. The van der Waals surface area contributed by atoms with Gasteiger partial charge in [-0.3, -0.25) is 4.79 Å². The Morgan fingerprint density at radius 2 is 1.61 bits per heavy atom. The molecule has 1 atom stereocenters. The largest absolute Gasteiger partial charge is 0.368 e. The molecule has 0 aliphatic carbocycles. The zero-order valence-electron chi connectivity index (χ0n) is 9.48. The summed E-state index contributed by atoms with van der Waals surface area (Å²) in [6.45, 7) is 0. The third kappa shape index (κ3) is 1.93. The summed E-state index contributed by atoms with van der Waals surface area (Å²) in [5, 5.41) is 6.78. The van der Waals surface area contributed by atoms with Crippen molar-refractivity contribution in [1.29, 1.82) is 0 Å². The smallest absolute Gasteiger partial charge is 0.251 e. The van der Waals surface area contributed by atoms with Crippen LogP contribution in [0.25, 0.3) is 0 Å². The van der Waals surface area contributed by atoms with Crippen molar-refractivity contribution in [2.24, 2.45) is 0 Å². The summed E-state index contributed by atoms with van der Waals surface area (Å²) in [7, 11) is 0. The minimum Gasteiger partial charge on any atom is -0.368 e. The number of halogens is 1. The van der Waals surface area contributed by atoms with E-state index in [9.17, 15) is 4.79 Å². The van der Waals surface area contributed by atoms with Crippen molar-refractivity contribution in [3.63, 3.8) is 0 Å². The summed E-state index contributed by atoms with van der Waals surface area (Å²) < 4.78 is 0. The second kappa shape index (κ2) is 4.35. The normalized spacial score (nSPS) is 17.6. The van der Waals surface area contributed by atoms with Gasteiger partial charge in [-0.25, -0.2) is 0 Å². The molecule has 3 nitrogen and oxygen atoms in total. The molecule has 1 aliphatic heterocycles. The summed E-state index contributed by atoms with van der Waals surface area (Å²) in [5.41, 5.74) is 2.64. The molecule has 0 aromatic heterocycles. The number of carbonyl (C=O) groups excluding carboxylic acids is 1. The first-order chi connectivity index (χ1) is 8.74. The van der Waals surface area contributed by atoms with Crippen molar-refractivity contribution in [2.75, 3.05) is 10.6 Å². The molecule has 0 saturated heterocycles. The van der Waals surface area contributed by atoms with E-state index in [1.54, 1.807) is 12.1 Å². The first-order valence-corrected chi connectivity index (χ1v) is 6.04. The Labute approximate surface area is 110 Å². The summed E-state index contributed by atoms with van der Waals surface area (Å²) in [6, 6.07) is 14.5. The summed E-state index contributed by atoms with van der Waals surface area (Å²) in [6.07, 6.45) is 0. The fraction of sp³-hybridized carbons (Fsp3) is 0.0714. The SMILES string of the molecule is O=C1Nc2ccccc2N[C@H]1c1ccc(Cl)cc1. The van der Waals surface area contributed by atoms with E-state index in [2.05, 4.69) is 10.6 Å². The van der Waals surface area contributed by atoms with E-state index in [1.165, 1.54) is 0 Å². The quantitative estimate of drug-likeness (QED) is 0.823. The van der Waals surface area contributed by atoms with Gasteiger partial charge in [0.2, 0.25) is 0 Å². The van der Waals surface area contributed by atoms with Crippen molar-refractivity contribution < 1.29 is 4.79 Å². The van der Waals surface area contributed by atoms with Gasteiger partial charge in [0.15, 0.2) is 0 Å². The lowest BCUT2D eigenvalue weighted by atomic mass is 10.0. The molecule has 2 aromatic carbocycles. The molecule has 0 fully saturated rings. The first kappa shape index (κ1) is 11.1. The van der Waals surface area contributed by atoms with E-state index in [4.69, 9.17) is 11.6 Å². The van der Waals surface area contributed by atoms with Crippen LogP contribution in [0.2, 0.25) is 5.02 Å². The second-order valence-electron chi connectivity index (χ2n) is 4.16. The lowest BCUT2D eigenvalue weighted by molar-refractivity contribution is -0.117. The van der Waals surface area contributed by atoms with Gasteiger partial charge in [-0.1, -0.05) is 35.9 Å². The van der Waals surface area contributed by atoms with Gasteiger partial charge in [-0.15, -0.1) is 0 Å². The average molecular weight is 259 g/mol. The zero-order valence-corrected chi connectivity index (χ0v) is 10.2. The van der Waals surface area contributed by atoms with Crippen molar-refractivity contribution in [2.45, 2.75) is 6.04 Å². The minimum absolute atomic E-state index is 0.0592. The summed E-state index contributed by atoms with van der Waals surface area (Å²) in [5.74, 6) is -0.0592. The monoisotopic (exact) mass is 258 g/mol. The highest BCUT2D eigenvalue weighted by Gasteiger charge is 2.26. The van der Waals surface area contributed by atoms with Crippen LogP contribution in [0.4, 0.5) is 11.4 Å². The Morgan fingerprint density at radius 1 is 0.944 bits per heavy atom. The van der Waals surface area contributed by atoms with Gasteiger partial charge in [0.05, 0.1) is 11.4 Å². The number of hydrogen-bond donors (Lipinski definition) is 2. The van der Waals surface area contributed by atoms with E-state index < -0.39 is 0 Å². The Morgan fingerprint density at radius 3 is 2.33 bits per heavy atom. The molecular weight excluding hydrogens is 248 g/mol. The fourth-order valence-corrected chi connectivity index (χ4v) is 2.16. The number of rotatable bonds is 1. The van der Waals surface area contributed by atoms with Crippen LogP contribution >= 0.6 is 11.6 Å². The molecule has 1 heterocycles. The van der Waals surface area contributed by atoms with Crippen molar-refractivity contribution in [3.8, 4) is 0 Å². The van der Waals surface area contributed by atoms with Gasteiger partial charge >= 0.3 is 0 Å². The molecule has 3 rings (SSSR count). The molecule has 2 N–H and O–H groups in total. The number of fused-ring (bicyclic) bond motifs is 1. The zero-order chi connectivity index (χ0) is 12.5. The van der Waals surface area contributed by atoms with Crippen LogP contribution in [-0.4, -0.2) is 5.91 Å². The molecule has 0 unspecified atom stereocenters. The van der Waals surface area contributed by atoms with Gasteiger partial charge in [-0.05, 0) is 29.8 Å². The third-order valence-electron chi connectivity index (χ3n) is 2.95. The fourth-order valence-electron chi connectivity index (χ4n) is 2.03. The number of anilines is 2. The van der Waals surface area contributed by atoms with E-state index in [0.29, 0.717) is 5.02 Å². The maximum atomic E-state index is 12.0. The number of benzene rings is 2. The molecule has 0 bridgehead atoms. The molecule has 18 heavy (non-hydrogen) atoms. The molecule has 0 spiro atoms. The lowest BCUT2D eigenvalue weighted by Gasteiger charge is -2.27. The molecule has 2 aromatic rings.